The maximum absolute atomic E-state index is 12.5. The lowest BCUT2D eigenvalue weighted by molar-refractivity contribution is -0.119. The number of hydrogen-bond donors (Lipinski definition) is 1. The Labute approximate surface area is 151 Å². The van der Waals surface area contributed by atoms with Crippen molar-refractivity contribution in [2.24, 2.45) is 0 Å². The van der Waals surface area contributed by atoms with Crippen molar-refractivity contribution in [1.29, 1.82) is 0 Å². The zero-order valence-electron chi connectivity index (χ0n) is 14.4. The van der Waals surface area contributed by atoms with Gasteiger partial charge in [-0.15, -0.1) is 0 Å². The number of rotatable bonds is 5. The van der Waals surface area contributed by atoms with Gasteiger partial charge in [0.2, 0.25) is 5.91 Å². The third-order valence-corrected chi connectivity index (χ3v) is 4.61. The second kappa shape index (κ2) is 7.11. The van der Waals surface area contributed by atoms with Crippen molar-refractivity contribution >= 4 is 23.3 Å². The Bertz CT molecular complexity index is 884. The third-order valence-electron chi connectivity index (χ3n) is 4.06. The summed E-state index contributed by atoms with van der Waals surface area (Å²) >= 11 is 6.16. The number of amides is 1. The van der Waals surface area contributed by atoms with Crippen LogP contribution >= 0.6 is 11.6 Å². The normalized spacial score (nSPS) is 12.2. The molecule has 2 aromatic heterocycles. The van der Waals surface area contributed by atoms with Gasteiger partial charge in [0.05, 0.1) is 23.0 Å². The van der Waals surface area contributed by atoms with Crippen LogP contribution in [0.25, 0.3) is 0 Å². The summed E-state index contributed by atoms with van der Waals surface area (Å²) in [5.74, 6) is 0.327. The summed E-state index contributed by atoms with van der Waals surface area (Å²) in [6.07, 6.45) is 1.84. The Morgan fingerprint density at radius 1 is 1.20 bits per heavy atom. The molecule has 3 aromatic rings. The predicted molar refractivity (Wildman–Crippen MR) is 97.8 cm³/mol. The Morgan fingerprint density at radius 3 is 2.56 bits per heavy atom. The minimum absolute atomic E-state index is 0.188. The van der Waals surface area contributed by atoms with Crippen molar-refractivity contribution in [3.63, 3.8) is 0 Å². The summed E-state index contributed by atoms with van der Waals surface area (Å²) in [5.41, 5.74) is 2.64. The number of aromatic nitrogens is 4. The molecule has 0 saturated heterocycles. The molecule has 0 aliphatic rings. The summed E-state index contributed by atoms with van der Waals surface area (Å²) in [7, 11) is 0. The molecular formula is C18H20ClN5O. The van der Waals surface area contributed by atoms with Gasteiger partial charge in [0.25, 0.3) is 0 Å². The lowest BCUT2D eigenvalue weighted by Gasteiger charge is -2.13. The molecule has 0 radical (unpaired) electrons. The van der Waals surface area contributed by atoms with Crippen LogP contribution in [0.4, 0.5) is 5.82 Å². The van der Waals surface area contributed by atoms with Crippen molar-refractivity contribution in [2.75, 3.05) is 5.32 Å². The molecule has 1 aromatic carbocycles. The Morgan fingerprint density at radius 2 is 1.92 bits per heavy atom. The summed E-state index contributed by atoms with van der Waals surface area (Å²) < 4.78 is 3.42. The van der Waals surface area contributed by atoms with Crippen molar-refractivity contribution in [1.82, 2.24) is 19.6 Å². The molecule has 1 atom stereocenters. The van der Waals surface area contributed by atoms with E-state index in [1.54, 1.807) is 22.4 Å². The van der Waals surface area contributed by atoms with Crippen LogP contribution in [0.1, 0.15) is 29.9 Å². The molecule has 1 amide bonds. The molecule has 6 nitrogen and oxygen atoms in total. The van der Waals surface area contributed by atoms with E-state index in [1.807, 2.05) is 50.4 Å². The van der Waals surface area contributed by atoms with Gasteiger partial charge >= 0.3 is 0 Å². The summed E-state index contributed by atoms with van der Waals surface area (Å²) in [6, 6.07) is 11.3. The minimum Gasteiger partial charge on any atom is -0.307 e. The van der Waals surface area contributed by atoms with Crippen LogP contribution < -0.4 is 5.32 Å². The fourth-order valence-electron chi connectivity index (χ4n) is 2.65. The lowest BCUT2D eigenvalue weighted by Crippen LogP contribution is -2.25. The maximum atomic E-state index is 12.5. The number of carbonyl (C=O) groups excluding carboxylic acids is 1. The van der Waals surface area contributed by atoms with Gasteiger partial charge in [-0.1, -0.05) is 41.9 Å². The van der Waals surface area contributed by atoms with Gasteiger partial charge < -0.3 is 5.32 Å². The zero-order chi connectivity index (χ0) is 18.0. The van der Waals surface area contributed by atoms with Crippen LogP contribution in [0.3, 0.4) is 0 Å². The molecule has 0 fully saturated rings. The van der Waals surface area contributed by atoms with Crippen LogP contribution in [0.2, 0.25) is 5.02 Å². The highest BCUT2D eigenvalue weighted by molar-refractivity contribution is 6.31. The van der Waals surface area contributed by atoms with Crippen molar-refractivity contribution in [2.45, 2.75) is 33.4 Å². The first-order chi connectivity index (χ1) is 12.0. The van der Waals surface area contributed by atoms with Gasteiger partial charge in [-0.2, -0.15) is 10.2 Å². The van der Waals surface area contributed by atoms with Crippen LogP contribution in [-0.4, -0.2) is 25.5 Å². The van der Waals surface area contributed by atoms with Crippen molar-refractivity contribution in [3.8, 4) is 0 Å². The molecule has 0 aliphatic heterocycles. The first kappa shape index (κ1) is 17.2. The number of nitrogens with one attached hydrogen (secondary N) is 1. The van der Waals surface area contributed by atoms with E-state index in [0.29, 0.717) is 23.1 Å². The van der Waals surface area contributed by atoms with E-state index in [9.17, 15) is 4.79 Å². The number of hydrogen-bond acceptors (Lipinski definition) is 3. The largest absolute Gasteiger partial charge is 0.307 e. The van der Waals surface area contributed by atoms with E-state index in [0.717, 1.165) is 11.3 Å². The highest BCUT2D eigenvalue weighted by atomic mass is 35.5. The summed E-state index contributed by atoms with van der Waals surface area (Å²) in [6.45, 7) is 6.10. The summed E-state index contributed by atoms with van der Waals surface area (Å²) in [4.78, 5) is 12.5. The Balaban J connectivity index is 1.68. The van der Waals surface area contributed by atoms with E-state index in [1.165, 1.54) is 0 Å². The molecule has 0 saturated carbocycles. The molecule has 0 bridgehead atoms. The molecule has 0 aliphatic carbocycles. The second-order valence-electron chi connectivity index (χ2n) is 5.98. The Kier molecular flexibility index (Phi) is 4.90. The van der Waals surface area contributed by atoms with Crippen LogP contribution in [0, 0.1) is 13.8 Å². The molecule has 2 heterocycles. The van der Waals surface area contributed by atoms with E-state index in [-0.39, 0.29) is 5.91 Å². The molecule has 25 heavy (non-hydrogen) atoms. The number of benzene rings is 1. The van der Waals surface area contributed by atoms with E-state index >= 15 is 0 Å². The fourth-order valence-corrected chi connectivity index (χ4v) is 2.77. The first-order valence-electron chi connectivity index (χ1n) is 8.05. The third kappa shape index (κ3) is 3.74. The van der Waals surface area contributed by atoms with Gasteiger partial charge in [-0.05, 0) is 26.3 Å². The molecule has 0 spiro atoms. The van der Waals surface area contributed by atoms with Crippen molar-refractivity contribution < 1.29 is 4.79 Å². The SMILES string of the molecule is Cc1nn(C(C)C(=O)Nc2ccn(Cc3ccccc3)n2)c(C)c1Cl. The van der Waals surface area contributed by atoms with Crippen LogP contribution in [0.5, 0.6) is 0 Å². The molecule has 7 heteroatoms. The van der Waals surface area contributed by atoms with Gasteiger partial charge in [0.15, 0.2) is 5.82 Å². The fraction of sp³-hybridized carbons (Fsp3) is 0.278. The molecular weight excluding hydrogens is 338 g/mol. The molecule has 130 valence electrons. The average Bonchev–Trinajstić information content (AvgIpc) is 3.14. The van der Waals surface area contributed by atoms with Gasteiger partial charge in [0, 0.05) is 12.3 Å². The molecule has 3 rings (SSSR count). The predicted octanol–water partition coefficient (Wildman–Crippen LogP) is 3.60. The maximum Gasteiger partial charge on any atom is 0.250 e. The monoisotopic (exact) mass is 357 g/mol. The van der Waals surface area contributed by atoms with E-state index in [2.05, 4.69) is 15.5 Å². The number of carbonyl (C=O) groups is 1. The smallest absolute Gasteiger partial charge is 0.250 e. The number of aryl methyl sites for hydroxylation is 1. The zero-order valence-corrected chi connectivity index (χ0v) is 15.2. The topological polar surface area (TPSA) is 64.7 Å². The minimum atomic E-state index is -0.481. The van der Waals surface area contributed by atoms with E-state index in [4.69, 9.17) is 11.6 Å². The first-order valence-corrected chi connectivity index (χ1v) is 8.43. The standard InChI is InChI=1S/C18H20ClN5O/c1-12-17(19)13(2)24(21-12)14(3)18(25)20-16-9-10-23(22-16)11-15-7-5-4-6-8-15/h4-10,14H,11H2,1-3H3,(H,20,22,25). The lowest BCUT2D eigenvalue weighted by atomic mass is 10.2. The summed E-state index contributed by atoms with van der Waals surface area (Å²) in [5, 5.41) is 12.1. The Hall–Kier alpha value is -2.60. The van der Waals surface area contributed by atoms with Gasteiger partial charge in [-0.3, -0.25) is 14.2 Å². The highest BCUT2D eigenvalue weighted by Crippen LogP contribution is 2.22. The number of nitrogens with zero attached hydrogens (tertiary/aromatic N) is 4. The number of halogens is 1. The average molecular weight is 358 g/mol. The highest BCUT2D eigenvalue weighted by Gasteiger charge is 2.21. The quantitative estimate of drug-likeness (QED) is 0.758. The van der Waals surface area contributed by atoms with Crippen LogP contribution in [0.15, 0.2) is 42.6 Å². The second-order valence-corrected chi connectivity index (χ2v) is 6.36. The van der Waals surface area contributed by atoms with Crippen molar-refractivity contribution in [3.05, 3.63) is 64.6 Å². The van der Waals surface area contributed by atoms with Gasteiger partial charge in [0.1, 0.15) is 6.04 Å². The molecule has 1 unspecified atom stereocenters. The molecule has 1 N–H and O–H groups in total. The number of anilines is 1. The van der Waals surface area contributed by atoms with E-state index < -0.39 is 6.04 Å². The van der Waals surface area contributed by atoms with Crippen LogP contribution in [-0.2, 0) is 11.3 Å². The van der Waals surface area contributed by atoms with Gasteiger partial charge in [-0.25, -0.2) is 0 Å².